The van der Waals surface area contributed by atoms with Crippen molar-refractivity contribution in [1.29, 1.82) is 0 Å². The zero-order chi connectivity index (χ0) is 23.6. The van der Waals surface area contributed by atoms with Gasteiger partial charge in [-0.3, -0.25) is 9.59 Å². The fourth-order valence-corrected chi connectivity index (χ4v) is 3.62. The maximum absolute atomic E-state index is 12.9. The van der Waals surface area contributed by atoms with Crippen LogP contribution in [0.2, 0.25) is 0 Å². The lowest BCUT2D eigenvalue weighted by molar-refractivity contribution is 0.0313. The highest BCUT2D eigenvalue weighted by molar-refractivity contribution is 6.05. The standard InChI is InChI=1S/C24H26N2O6/c1-12-21(15(4)27)14(3)25-22(12)23(28)17(6)31-24(29)18-9-7-8-10-20(18)30-11-19-13(2)26-32-16(19)5/h7-10,17,25H,11H2,1-6H3. The van der Waals surface area contributed by atoms with Crippen molar-refractivity contribution in [3.8, 4) is 5.75 Å². The number of benzene rings is 1. The number of nitrogens with zero attached hydrogens (tertiary/aromatic N) is 1. The molecule has 0 aliphatic heterocycles. The molecule has 0 amide bonds. The van der Waals surface area contributed by atoms with Gasteiger partial charge in [0.1, 0.15) is 23.7 Å². The van der Waals surface area contributed by atoms with Crippen molar-refractivity contribution in [3.05, 3.63) is 69.4 Å². The van der Waals surface area contributed by atoms with Crippen molar-refractivity contribution in [1.82, 2.24) is 10.1 Å². The van der Waals surface area contributed by atoms with Crippen molar-refractivity contribution in [2.45, 2.75) is 54.3 Å². The largest absolute Gasteiger partial charge is 0.488 e. The van der Waals surface area contributed by atoms with Crippen LogP contribution in [-0.4, -0.2) is 33.8 Å². The van der Waals surface area contributed by atoms with E-state index in [-0.39, 0.29) is 23.6 Å². The van der Waals surface area contributed by atoms with Gasteiger partial charge in [-0.25, -0.2) is 4.79 Å². The summed E-state index contributed by atoms with van der Waals surface area (Å²) in [6, 6.07) is 6.64. The predicted octanol–water partition coefficient (Wildman–Crippen LogP) is 4.45. The van der Waals surface area contributed by atoms with E-state index in [0.29, 0.717) is 34.0 Å². The van der Waals surface area contributed by atoms with Crippen molar-refractivity contribution >= 4 is 17.5 Å². The summed E-state index contributed by atoms with van der Waals surface area (Å²) in [6.45, 7) is 10.1. The molecular formula is C24H26N2O6. The zero-order valence-corrected chi connectivity index (χ0v) is 19.0. The number of rotatable bonds is 8. The summed E-state index contributed by atoms with van der Waals surface area (Å²) < 4.78 is 16.4. The van der Waals surface area contributed by atoms with Crippen LogP contribution in [0.5, 0.6) is 5.75 Å². The van der Waals surface area contributed by atoms with E-state index in [1.54, 1.807) is 45.0 Å². The number of nitrogens with one attached hydrogen (secondary N) is 1. The molecule has 3 rings (SSSR count). The second-order valence-corrected chi connectivity index (χ2v) is 7.68. The van der Waals surface area contributed by atoms with Crippen molar-refractivity contribution < 1.29 is 28.4 Å². The summed E-state index contributed by atoms with van der Waals surface area (Å²) in [4.78, 5) is 40.5. The fourth-order valence-electron chi connectivity index (χ4n) is 3.62. The molecule has 0 bridgehead atoms. The maximum atomic E-state index is 12.9. The smallest absolute Gasteiger partial charge is 0.342 e. The monoisotopic (exact) mass is 438 g/mol. The average Bonchev–Trinajstić information content (AvgIpc) is 3.23. The third-order valence-corrected chi connectivity index (χ3v) is 5.35. The molecule has 0 saturated carbocycles. The molecule has 0 fully saturated rings. The first kappa shape index (κ1) is 23.0. The zero-order valence-electron chi connectivity index (χ0n) is 19.0. The molecule has 0 radical (unpaired) electrons. The average molecular weight is 438 g/mol. The molecule has 8 heteroatoms. The van der Waals surface area contributed by atoms with Gasteiger partial charge in [-0.1, -0.05) is 17.3 Å². The van der Waals surface area contributed by atoms with E-state index in [4.69, 9.17) is 14.0 Å². The minimum absolute atomic E-state index is 0.135. The van der Waals surface area contributed by atoms with Gasteiger partial charge in [0.2, 0.25) is 5.78 Å². The Labute approximate surface area is 185 Å². The molecule has 32 heavy (non-hydrogen) atoms. The van der Waals surface area contributed by atoms with Gasteiger partial charge < -0.3 is 19.0 Å². The topological polar surface area (TPSA) is 111 Å². The molecule has 3 aromatic rings. The van der Waals surface area contributed by atoms with E-state index in [1.165, 1.54) is 13.8 Å². The number of H-pyrrole nitrogens is 1. The fraction of sp³-hybridized carbons (Fsp3) is 0.333. The number of ether oxygens (including phenoxy) is 2. The number of aromatic nitrogens is 2. The summed E-state index contributed by atoms with van der Waals surface area (Å²) in [6.07, 6.45) is -1.06. The normalized spacial score (nSPS) is 11.8. The van der Waals surface area contributed by atoms with Crippen LogP contribution in [0.4, 0.5) is 0 Å². The minimum Gasteiger partial charge on any atom is -0.488 e. The molecule has 8 nitrogen and oxygen atoms in total. The first-order valence-electron chi connectivity index (χ1n) is 10.2. The molecule has 1 N–H and O–H groups in total. The number of esters is 1. The number of ketones is 2. The highest BCUT2D eigenvalue weighted by atomic mass is 16.5. The molecule has 0 aliphatic rings. The third kappa shape index (κ3) is 4.49. The number of hydrogen-bond acceptors (Lipinski definition) is 7. The summed E-state index contributed by atoms with van der Waals surface area (Å²) >= 11 is 0. The Bertz CT molecular complexity index is 1170. The quantitative estimate of drug-likeness (QED) is 0.408. The molecule has 0 saturated heterocycles. The van der Waals surface area contributed by atoms with E-state index < -0.39 is 17.9 Å². The minimum atomic E-state index is -1.06. The predicted molar refractivity (Wildman–Crippen MR) is 116 cm³/mol. The molecular weight excluding hydrogens is 412 g/mol. The van der Waals surface area contributed by atoms with Crippen LogP contribution in [-0.2, 0) is 11.3 Å². The van der Waals surface area contributed by atoms with Gasteiger partial charge in [0.25, 0.3) is 0 Å². The number of aromatic amines is 1. The second-order valence-electron chi connectivity index (χ2n) is 7.68. The van der Waals surface area contributed by atoms with Gasteiger partial charge >= 0.3 is 5.97 Å². The van der Waals surface area contributed by atoms with E-state index in [1.807, 2.05) is 6.92 Å². The lowest BCUT2D eigenvalue weighted by Gasteiger charge is -2.15. The van der Waals surface area contributed by atoms with Crippen LogP contribution in [0.25, 0.3) is 0 Å². The second kappa shape index (κ2) is 9.21. The summed E-state index contributed by atoms with van der Waals surface area (Å²) in [5.41, 5.74) is 3.60. The van der Waals surface area contributed by atoms with E-state index in [9.17, 15) is 14.4 Å². The van der Waals surface area contributed by atoms with Gasteiger partial charge in [-0.15, -0.1) is 0 Å². The van der Waals surface area contributed by atoms with Crippen LogP contribution >= 0.6 is 0 Å². The van der Waals surface area contributed by atoms with E-state index >= 15 is 0 Å². The Morgan fingerprint density at radius 2 is 1.81 bits per heavy atom. The highest BCUT2D eigenvalue weighted by Gasteiger charge is 2.27. The maximum Gasteiger partial charge on any atom is 0.342 e. The Morgan fingerprint density at radius 3 is 2.41 bits per heavy atom. The highest BCUT2D eigenvalue weighted by Crippen LogP contribution is 2.24. The molecule has 0 aliphatic carbocycles. The van der Waals surface area contributed by atoms with Gasteiger partial charge in [0, 0.05) is 11.3 Å². The summed E-state index contributed by atoms with van der Waals surface area (Å²) in [5.74, 6) is -0.274. The molecule has 1 unspecified atom stereocenters. The van der Waals surface area contributed by atoms with Crippen molar-refractivity contribution in [2.75, 3.05) is 0 Å². The Morgan fingerprint density at radius 1 is 1.12 bits per heavy atom. The van der Waals surface area contributed by atoms with Crippen molar-refractivity contribution in [3.63, 3.8) is 0 Å². The number of aryl methyl sites for hydroxylation is 3. The van der Waals surface area contributed by atoms with Gasteiger partial charge in [0.15, 0.2) is 11.9 Å². The molecule has 168 valence electrons. The number of carbonyl (C=O) groups is 3. The SMILES string of the molecule is CC(=O)c1c(C)[nH]c(C(=O)C(C)OC(=O)c2ccccc2OCc2c(C)noc2C)c1C. The van der Waals surface area contributed by atoms with E-state index in [2.05, 4.69) is 10.1 Å². The first-order chi connectivity index (χ1) is 15.1. The third-order valence-electron chi connectivity index (χ3n) is 5.35. The molecule has 2 heterocycles. The van der Waals surface area contributed by atoms with Gasteiger partial charge in [0.05, 0.1) is 17.0 Å². The Balaban J connectivity index is 1.75. The number of para-hydroxylation sites is 1. The summed E-state index contributed by atoms with van der Waals surface area (Å²) in [5, 5.41) is 3.89. The number of Topliss-reactive ketones (excluding diaryl/α,β-unsaturated/α-hetero) is 2. The Kier molecular flexibility index (Phi) is 6.62. The summed E-state index contributed by atoms with van der Waals surface area (Å²) in [7, 11) is 0. The molecule has 2 aromatic heterocycles. The molecule has 0 spiro atoms. The number of hydrogen-bond donors (Lipinski definition) is 1. The van der Waals surface area contributed by atoms with E-state index in [0.717, 1.165) is 5.56 Å². The lowest BCUT2D eigenvalue weighted by atomic mass is 10.0. The van der Waals surface area contributed by atoms with Gasteiger partial charge in [-0.05, 0) is 59.2 Å². The molecule has 1 atom stereocenters. The lowest BCUT2D eigenvalue weighted by Crippen LogP contribution is -2.25. The van der Waals surface area contributed by atoms with Crippen LogP contribution in [0.1, 0.15) is 73.3 Å². The van der Waals surface area contributed by atoms with Crippen molar-refractivity contribution in [2.24, 2.45) is 0 Å². The number of carbonyl (C=O) groups excluding carboxylic acids is 3. The Hall–Kier alpha value is -3.68. The van der Waals surface area contributed by atoms with Crippen LogP contribution in [0, 0.1) is 27.7 Å². The first-order valence-corrected chi connectivity index (χ1v) is 10.2. The van der Waals surface area contributed by atoms with Crippen LogP contribution in [0.3, 0.4) is 0 Å². The van der Waals surface area contributed by atoms with Crippen LogP contribution in [0.15, 0.2) is 28.8 Å². The van der Waals surface area contributed by atoms with Gasteiger partial charge in [-0.2, -0.15) is 0 Å². The van der Waals surface area contributed by atoms with Crippen LogP contribution < -0.4 is 4.74 Å². The molecule has 1 aromatic carbocycles.